The van der Waals surface area contributed by atoms with Crippen LogP contribution in [0.2, 0.25) is 5.02 Å². The maximum atomic E-state index is 9.50. The lowest BCUT2D eigenvalue weighted by atomic mass is 10.1. The van der Waals surface area contributed by atoms with Gasteiger partial charge in [0.2, 0.25) is 0 Å². The molecule has 0 saturated carbocycles. The average molecular weight is 291 g/mol. The minimum atomic E-state index is -0.493. The molecule has 0 bridgehead atoms. The molecule has 2 unspecified atom stereocenters. The van der Waals surface area contributed by atoms with Gasteiger partial charge in [0.1, 0.15) is 5.82 Å². The molecular weight excluding hydrogens is 272 g/mol. The van der Waals surface area contributed by atoms with Crippen LogP contribution in [0, 0.1) is 0 Å². The molecule has 0 spiro atoms. The number of anilines is 1. The summed E-state index contributed by atoms with van der Waals surface area (Å²) in [6, 6.07) is 11.8. The summed E-state index contributed by atoms with van der Waals surface area (Å²) >= 11 is 6.03. The minimum absolute atomic E-state index is 0.165. The summed E-state index contributed by atoms with van der Waals surface area (Å²) in [5.74, 6) is 0.863. The maximum Gasteiger partial charge on any atom is 0.128 e. The molecule has 2 atom stereocenters. The first-order chi connectivity index (χ1) is 9.49. The normalized spacial score (nSPS) is 13.8. The topological polar surface area (TPSA) is 36.4 Å². The van der Waals surface area contributed by atoms with Crippen LogP contribution in [0.3, 0.4) is 0 Å². The number of nitrogens with zero attached hydrogens (tertiary/aromatic N) is 2. The van der Waals surface area contributed by atoms with E-state index < -0.39 is 6.10 Å². The van der Waals surface area contributed by atoms with Crippen LogP contribution in [0.4, 0.5) is 5.82 Å². The lowest BCUT2D eigenvalue weighted by Crippen LogP contribution is -2.22. The first-order valence-electron chi connectivity index (χ1n) is 6.61. The van der Waals surface area contributed by atoms with E-state index in [1.54, 1.807) is 13.1 Å². The minimum Gasteiger partial charge on any atom is -0.389 e. The van der Waals surface area contributed by atoms with Crippen LogP contribution in [0.25, 0.3) is 0 Å². The first kappa shape index (κ1) is 14.8. The van der Waals surface area contributed by atoms with Gasteiger partial charge in [-0.2, -0.15) is 0 Å². The van der Waals surface area contributed by atoms with Gasteiger partial charge in [-0.1, -0.05) is 29.8 Å². The van der Waals surface area contributed by atoms with E-state index in [0.29, 0.717) is 0 Å². The Labute approximate surface area is 124 Å². The molecule has 2 rings (SSSR count). The van der Waals surface area contributed by atoms with Crippen LogP contribution in [-0.4, -0.2) is 17.1 Å². The van der Waals surface area contributed by atoms with Crippen molar-refractivity contribution >= 4 is 17.4 Å². The third-order valence-corrected chi connectivity index (χ3v) is 3.76. The average Bonchev–Trinajstić information content (AvgIpc) is 2.46. The Kier molecular flexibility index (Phi) is 4.63. The van der Waals surface area contributed by atoms with Crippen molar-refractivity contribution in [2.24, 2.45) is 0 Å². The van der Waals surface area contributed by atoms with Crippen molar-refractivity contribution in [3.05, 3.63) is 58.7 Å². The van der Waals surface area contributed by atoms with Crippen LogP contribution in [0.15, 0.2) is 42.6 Å². The molecular formula is C16H19ClN2O. The van der Waals surface area contributed by atoms with Gasteiger partial charge >= 0.3 is 0 Å². The lowest BCUT2D eigenvalue weighted by molar-refractivity contribution is 0.199. The molecule has 3 nitrogen and oxygen atoms in total. The second-order valence-corrected chi connectivity index (χ2v) is 5.40. The maximum absolute atomic E-state index is 9.50. The lowest BCUT2D eigenvalue weighted by Gasteiger charge is -2.26. The molecule has 1 heterocycles. The van der Waals surface area contributed by atoms with E-state index in [9.17, 15) is 5.11 Å². The van der Waals surface area contributed by atoms with Crippen LogP contribution in [-0.2, 0) is 0 Å². The highest BCUT2D eigenvalue weighted by atomic mass is 35.5. The zero-order valence-electron chi connectivity index (χ0n) is 11.9. The Hall–Kier alpha value is -1.58. The second kappa shape index (κ2) is 6.25. The summed E-state index contributed by atoms with van der Waals surface area (Å²) in [5.41, 5.74) is 1.96. The molecule has 1 N–H and O–H groups in total. The highest BCUT2D eigenvalue weighted by molar-refractivity contribution is 6.30. The van der Waals surface area contributed by atoms with Gasteiger partial charge in [0, 0.05) is 18.3 Å². The number of aromatic nitrogens is 1. The van der Waals surface area contributed by atoms with Crippen LogP contribution >= 0.6 is 11.6 Å². The SMILES string of the molecule is CC(O)c1ccc(N(C)C(C)c2cccc(Cl)c2)nc1. The summed E-state index contributed by atoms with van der Waals surface area (Å²) in [6.07, 6.45) is 1.22. The van der Waals surface area contributed by atoms with Crippen molar-refractivity contribution < 1.29 is 5.11 Å². The van der Waals surface area contributed by atoms with Crippen LogP contribution < -0.4 is 4.90 Å². The van der Waals surface area contributed by atoms with Crippen molar-refractivity contribution in [3.8, 4) is 0 Å². The molecule has 0 fully saturated rings. The Morgan fingerprint density at radius 3 is 2.45 bits per heavy atom. The van der Waals surface area contributed by atoms with E-state index in [4.69, 9.17) is 11.6 Å². The zero-order valence-corrected chi connectivity index (χ0v) is 12.7. The fraction of sp³-hybridized carbons (Fsp3) is 0.312. The van der Waals surface area contributed by atoms with E-state index in [1.165, 1.54) is 0 Å². The monoisotopic (exact) mass is 290 g/mol. The van der Waals surface area contributed by atoms with Gasteiger partial charge in [-0.15, -0.1) is 0 Å². The highest BCUT2D eigenvalue weighted by Gasteiger charge is 2.14. The predicted octanol–water partition coefficient (Wildman–Crippen LogP) is 3.99. The Balaban J connectivity index is 2.20. The largest absolute Gasteiger partial charge is 0.389 e. The summed E-state index contributed by atoms with van der Waals surface area (Å²) in [6.45, 7) is 3.84. The van der Waals surface area contributed by atoms with Crippen molar-refractivity contribution in [2.45, 2.75) is 26.0 Å². The Morgan fingerprint density at radius 1 is 1.15 bits per heavy atom. The first-order valence-corrected chi connectivity index (χ1v) is 6.99. The summed E-state index contributed by atoms with van der Waals surface area (Å²) in [4.78, 5) is 6.48. The molecule has 2 aromatic rings. The molecule has 0 radical (unpaired) electrons. The standard InChI is InChI=1S/C16H19ClN2O/c1-11(13-5-4-6-15(17)9-13)19(3)16-8-7-14(10-18-16)12(2)20/h4-12,20H,1-3H3. The number of aliphatic hydroxyl groups excluding tert-OH is 1. The predicted molar refractivity (Wildman–Crippen MR) is 83.1 cm³/mol. The van der Waals surface area contributed by atoms with Crippen LogP contribution in [0.1, 0.15) is 37.1 Å². The Bertz CT molecular complexity index is 569. The van der Waals surface area contributed by atoms with Gasteiger partial charge in [0.15, 0.2) is 0 Å². The number of benzene rings is 1. The third-order valence-electron chi connectivity index (χ3n) is 3.53. The van der Waals surface area contributed by atoms with Gasteiger partial charge in [-0.05, 0) is 43.2 Å². The molecule has 4 heteroatoms. The second-order valence-electron chi connectivity index (χ2n) is 4.97. The summed E-state index contributed by atoms with van der Waals surface area (Å²) in [5, 5.41) is 10.2. The number of pyridine rings is 1. The zero-order chi connectivity index (χ0) is 14.7. The fourth-order valence-electron chi connectivity index (χ4n) is 2.04. The van der Waals surface area contributed by atoms with Gasteiger partial charge in [-0.3, -0.25) is 0 Å². The van der Waals surface area contributed by atoms with Crippen LogP contribution in [0.5, 0.6) is 0 Å². The molecule has 20 heavy (non-hydrogen) atoms. The molecule has 0 aliphatic rings. The number of hydrogen-bond donors (Lipinski definition) is 1. The van der Waals surface area contributed by atoms with Gasteiger partial charge in [0.25, 0.3) is 0 Å². The van der Waals surface area contributed by atoms with Crippen molar-refractivity contribution in [1.82, 2.24) is 4.98 Å². The smallest absolute Gasteiger partial charge is 0.128 e. The van der Waals surface area contributed by atoms with E-state index >= 15 is 0 Å². The van der Waals surface area contributed by atoms with Crippen molar-refractivity contribution in [3.63, 3.8) is 0 Å². The molecule has 0 amide bonds. The van der Waals surface area contributed by atoms with Crippen molar-refractivity contribution in [2.75, 3.05) is 11.9 Å². The molecule has 0 aliphatic carbocycles. The number of halogens is 1. The highest BCUT2D eigenvalue weighted by Crippen LogP contribution is 2.26. The quantitative estimate of drug-likeness (QED) is 0.925. The molecule has 1 aromatic carbocycles. The van der Waals surface area contributed by atoms with Gasteiger partial charge < -0.3 is 10.0 Å². The number of hydrogen-bond acceptors (Lipinski definition) is 3. The van der Waals surface area contributed by atoms with Crippen molar-refractivity contribution in [1.29, 1.82) is 0 Å². The summed E-state index contributed by atoms with van der Waals surface area (Å²) in [7, 11) is 2.00. The molecule has 0 aliphatic heterocycles. The third kappa shape index (κ3) is 3.30. The van der Waals surface area contributed by atoms with E-state index in [-0.39, 0.29) is 6.04 Å². The van der Waals surface area contributed by atoms with E-state index in [0.717, 1.165) is 22.0 Å². The summed E-state index contributed by atoms with van der Waals surface area (Å²) < 4.78 is 0. The number of aliphatic hydroxyl groups is 1. The Morgan fingerprint density at radius 2 is 1.90 bits per heavy atom. The number of rotatable bonds is 4. The molecule has 1 aromatic heterocycles. The van der Waals surface area contributed by atoms with Gasteiger partial charge in [0.05, 0.1) is 12.1 Å². The fourth-order valence-corrected chi connectivity index (χ4v) is 2.24. The molecule has 106 valence electrons. The van der Waals surface area contributed by atoms with E-state index in [1.807, 2.05) is 37.4 Å². The molecule has 0 saturated heterocycles. The van der Waals surface area contributed by atoms with E-state index in [2.05, 4.69) is 22.9 Å². The van der Waals surface area contributed by atoms with Gasteiger partial charge in [-0.25, -0.2) is 4.98 Å².